The molecule has 0 saturated heterocycles. The van der Waals surface area contributed by atoms with Gasteiger partial charge in [-0.05, 0) is 5.56 Å². The van der Waals surface area contributed by atoms with E-state index >= 15 is 0 Å². The summed E-state index contributed by atoms with van der Waals surface area (Å²) in [6.07, 6.45) is -0.455. The second kappa shape index (κ2) is 4.36. The molecule has 0 spiro atoms. The molecule has 0 radical (unpaired) electrons. The number of hydrogen-bond acceptors (Lipinski definition) is 3. The second-order valence-electron chi connectivity index (χ2n) is 2.63. The molecule has 0 bridgehead atoms. The SMILES string of the molecule is [Li+].[O-]C1=N[C@@H](c2ccccc2)CO1. The average Bonchev–Trinajstić information content (AvgIpc) is 2.54. The largest absolute Gasteiger partial charge is 1.00 e. The molecule has 3 nitrogen and oxygen atoms in total. The first-order chi connectivity index (χ1) is 5.86. The first-order valence-corrected chi connectivity index (χ1v) is 3.79. The Morgan fingerprint density at radius 3 is 2.54 bits per heavy atom. The van der Waals surface area contributed by atoms with Gasteiger partial charge in [-0.1, -0.05) is 30.3 Å². The normalized spacial score (nSPS) is 20.0. The molecule has 0 saturated carbocycles. The molecule has 0 N–H and O–H groups in total. The van der Waals surface area contributed by atoms with Gasteiger partial charge >= 0.3 is 18.9 Å². The van der Waals surface area contributed by atoms with E-state index in [4.69, 9.17) is 4.74 Å². The van der Waals surface area contributed by atoms with Crippen LogP contribution in [0.1, 0.15) is 11.6 Å². The molecule has 1 aliphatic heterocycles. The maximum atomic E-state index is 10.6. The van der Waals surface area contributed by atoms with E-state index in [1.807, 2.05) is 30.3 Å². The second-order valence-corrected chi connectivity index (χ2v) is 2.63. The Kier molecular flexibility index (Phi) is 3.41. The van der Waals surface area contributed by atoms with Gasteiger partial charge in [0.15, 0.2) is 0 Å². The summed E-state index contributed by atoms with van der Waals surface area (Å²) in [5.41, 5.74) is 1.03. The van der Waals surface area contributed by atoms with E-state index < -0.39 is 6.08 Å². The summed E-state index contributed by atoms with van der Waals surface area (Å²) < 4.78 is 4.71. The van der Waals surface area contributed by atoms with Crippen LogP contribution < -0.4 is 24.0 Å². The molecule has 0 unspecified atom stereocenters. The molecule has 0 aliphatic carbocycles. The van der Waals surface area contributed by atoms with Crippen molar-refractivity contribution < 1.29 is 28.7 Å². The molecule has 62 valence electrons. The molecule has 0 aromatic heterocycles. The summed E-state index contributed by atoms with van der Waals surface area (Å²) in [7, 11) is 0. The van der Waals surface area contributed by atoms with Crippen LogP contribution in [0, 0.1) is 0 Å². The molecule has 1 heterocycles. The van der Waals surface area contributed by atoms with Gasteiger partial charge in [-0.2, -0.15) is 0 Å². The molecule has 0 fully saturated rings. The Morgan fingerprint density at radius 2 is 2.00 bits per heavy atom. The predicted molar refractivity (Wildman–Crippen MR) is 42.6 cm³/mol. The maximum Gasteiger partial charge on any atom is 1.00 e. The van der Waals surface area contributed by atoms with E-state index in [1.54, 1.807) is 0 Å². The zero-order valence-electron chi connectivity index (χ0n) is 7.43. The van der Waals surface area contributed by atoms with Crippen LogP contribution in [0.4, 0.5) is 0 Å². The minimum Gasteiger partial charge on any atom is -0.598 e. The molecule has 1 atom stereocenters. The Hall–Kier alpha value is -0.913. The summed E-state index contributed by atoms with van der Waals surface area (Å²) in [4.78, 5) is 3.80. The third kappa shape index (κ3) is 2.27. The fourth-order valence-electron chi connectivity index (χ4n) is 1.20. The Balaban J connectivity index is 0.000000845. The molecule has 4 heteroatoms. The van der Waals surface area contributed by atoms with Crippen LogP contribution >= 0.6 is 0 Å². The van der Waals surface area contributed by atoms with Crippen LogP contribution in [0.5, 0.6) is 0 Å². The molecule has 2 rings (SSSR count). The van der Waals surface area contributed by atoms with Crippen molar-refractivity contribution in [2.75, 3.05) is 6.61 Å². The zero-order valence-corrected chi connectivity index (χ0v) is 7.43. The topological polar surface area (TPSA) is 44.7 Å². The van der Waals surface area contributed by atoms with E-state index in [0.29, 0.717) is 6.61 Å². The van der Waals surface area contributed by atoms with Gasteiger partial charge in [0.1, 0.15) is 6.08 Å². The van der Waals surface area contributed by atoms with Crippen molar-refractivity contribution in [3.8, 4) is 0 Å². The van der Waals surface area contributed by atoms with Crippen molar-refractivity contribution in [3.63, 3.8) is 0 Å². The predicted octanol–water partition coefficient (Wildman–Crippen LogP) is -2.52. The summed E-state index contributed by atoms with van der Waals surface area (Å²) in [5.74, 6) is 0. The van der Waals surface area contributed by atoms with E-state index in [2.05, 4.69) is 4.99 Å². The van der Waals surface area contributed by atoms with E-state index in [-0.39, 0.29) is 24.9 Å². The van der Waals surface area contributed by atoms with E-state index in [0.717, 1.165) is 5.56 Å². The van der Waals surface area contributed by atoms with E-state index in [9.17, 15) is 5.11 Å². The number of benzene rings is 1. The molecular weight excluding hydrogens is 161 g/mol. The van der Waals surface area contributed by atoms with Crippen LogP contribution in [0.25, 0.3) is 0 Å². The standard InChI is InChI=1S/C9H9NO2.Li/c11-9-10-8(6-12-9)7-4-2-1-3-5-7;/h1-5,8H,6H2,(H,10,11);/q;+1/p-1/t8-;/m1./s1. The van der Waals surface area contributed by atoms with Crippen LogP contribution in [0.2, 0.25) is 0 Å². The third-order valence-corrected chi connectivity index (χ3v) is 1.81. The van der Waals surface area contributed by atoms with Gasteiger partial charge in [-0.25, -0.2) is 0 Å². The molecule has 1 aromatic carbocycles. The van der Waals surface area contributed by atoms with E-state index in [1.165, 1.54) is 0 Å². The maximum absolute atomic E-state index is 10.6. The fraction of sp³-hybridized carbons (Fsp3) is 0.222. The average molecular weight is 169 g/mol. The number of nitrogens with zero attached hydrogens (tertiary/aromatic N) is 1. The van der Waals surface area contributed by atoms with Crippen molar-refractivity contribution in [1.82, 2.24) is 0 Å². The van der Waals surface area contributed by atoms with Gasteiger partial charge in [0.05, 0.1) is 6.04 Å². The third-order valence-electron chi connectivity index (χ3n) is 1.81. The quantitative estimate of drug-likeness (QED) is 0.435. The summed E-state index contributed by atoms with van der Waals surface area (Å²) in [6, 6.07) is 9.56. The van der Waals surface area contributed by atoms with Gasteiger partial charge in [-0.3, -0.25) is 4.99 Å². The number of ether oxygens (including phenoxy) is 1. The van der Waals surface area contributed by atoms with Crippen LogP contribution in [-0.2, 0) is 4.74 Å². The van der Waals surface area contributed by atoms with Crippen molar-refractivity contribution >= 4 is 6.08 Å². The van der Waals surface area contributed by atoms with Crippen molar-refractivity contribution in [1.29, 1.82) is 0 Å². The van der Waals surface area contributed by atoms with Crippen LogP contribution in [-0.4, -0.2) is 12.7 Å². The summed E-state index contributed by atoms with van der Waals surface area (Å²) in [6.45, 7) is 0.378. The Labute approximate surface area is 88.6 Å². The Morgan fingerprint density at radius 1 is 1.31 bits per heavy atom. The van der Waals surface area contributed by atoms with Gasteiger partial charge in [0.2, 0.25) is 0 Å². The molecule has 1 aliphatic rings. The molecule has 13 heavy (non-hydrogen) atoms. The Bertz CT molecular complexity index is 300. The van der Waals surface area contributed by atoms with Crippen LogP contribution in [0.15, 0.2) is 35.3 Å². The first-order valence-electron chi connectivity index (χ1n) is 3.79. The van der Waals surface area contributed by atoms with Gasteiger partial charge in [0.25, 0.3) is 0 Å². The van der Waals surface area contributed by atoms with Crippen molar-refractivity contribution in [3.05, 3.63) is 35.9 Å². The summed E-state index contributed by atoms with van der Waals surface area (Å²) in [5, 5.41) is 10.6. The van der Waals surface area contributed by atoms with Crippen molar-refractivity contribution in [2.45, 2.75) is 6.04 Å². The fourth-order valence-corrected chi connectivity index (χ4v) is 1.20. The van der Waals surface area contributed by atoms with Crippen LogP contribution in [0.3, 0.4) is 0 Å². The molecule has 0 amide bonds. The monoisotopic (exact) mass is 169 g/mol. The molecule has 1 aromatic rings. The van der Waals surface area contributed by atoms with Crippen molar-refractivity contribution in [2.24, 2.45) is 4.99 Å². The zero-order chi connectivity index (χ0) is 8.39. The molecular formula is C9H8LiNO2. The smallest absolute Gasteiger partial charge is 0.598 e. The first kappa shape index (κ1) is 10.2. The van der Waals surface area contributed by atoms with Gasteiger partial charge in [-0.15, -0.1) is 0 Å². The number of rotatable bonds is 1. The minimum atomic E-state index is -0.455. The van der Waals surface area contributed by atoms with Gasteiger partial charge in [0, 0.05) is 6.61 Å². The number of aliphatic imine (C=N–C) groups is 1. The summed E-state index contributed by atoms with van der Waals surface area (Å²) >= 11 is 0. The van der Waals surface area contributed by atoms with Gasteiger partial charge < -0.3 is 9.84 Å². The number of hydrogen-bond donors (Lipinski definition) is 0. The minimum absolute atomic E-state index is 0.